The molecule has 2 amide bonds. The summed E-state index contributed by atoms with van der Waals surface area (Å²) in [7, 11) is 1.55. The highest BCUT2D eigenvalue weighted by Crippen LogP contribution is 2.22. The number of aromatic nitrogens is 2. The van der Waals surface area contributed by atoms with Crippen molar-refractivity contribution < 1.29 is 14.7 Å². The molecule has 0 aliphatic carbocycles. The number of carbonyl (C=O) groups excluding carboxylic acids is 1. The number of carboxylic acid groups (broad SMARTS) is 1. The van der Waals surface area contributed by atoms with Crippen LogP contribution < -0.4 is 5.32 Å². The molecular formula is C19H23N5O3. The van der Waals surface area contributed by atoms with Gasteiger partial charge in [0.15, 0.2) is 0 Å². The molecule has 2 rings (SSSR count). The van der Waals surface area contributed by atoms with Crippen molar-refractivity contribution in [2.75, 3.05) is 18.9 Å². The number of carboxylic acids is 1. The van der Waals surface area contributed by atoms with E-state index >= 15 is 0 Å². The number of anilines is 1. The molecule has 1 heterocycles. The molecule has 2 N–H and O–H groups in total. The number of rotatable bonds is 7. The highest BCUT2D eigenvalue weighted by molar-refractivity contribution is 5.90. The van der Waals surface area contributed by atoms with Gasteiger partial charge >= 0.3 is 12.0 Å². The van der Waals surface area contributed by atoms with Crippen LogP contribution in [0.25, 0.3) is 5.69 Å². The lowest BCUT2D eigenvalue weighted by Gasteiger charge is -2.20. The first-order valence-corrected chi connectivity index (χ1v) is 8.69. The average molecular weight is 369 g/mol. The number of amides is 2. The van der Waals surface area contributed by atoms with Gasteiger partial charge in [0.2, 0.25) is 0 Å². The smallest absolute Gasteiger partial charge is 0.321 e. The van der Waals surface area contributed by atoms with Crippen LogP contribution in [0.3, 0.4) is 0 Å². The molecule has 1 unspecified atom stereocenters. The van der Waals surface area contributed by atoms with Gasteiger partial charge in [-0.25, -0.2) is 9.48 Å². The molecule has 0 radical (unpaired) electrons. The van der Waals surface area contributed by atoms with Crippen molar-refractivity contribution in [3.8, 4) is 11.8 Å². The molecule has 0 aliphatic rings. The van der Waals surface area contributed by atoms with Crippen LogP contribution in [-0.4, -0.2) is 45.4 Å². The Balaban J connectivity index is 2.25. The Kier molecular flexibility index (Phi) is 6.55. The van der Waals surface area contributed by atoms with Crippen molar-refractivity contribution in [1.29, 1.82) is 5.26 Å². The Labute approximate surface area is 158 Å². The Hall–Kier alpha value is -3.34. The van der Waals surface area contributed by atoms with Gasteiger partial charge in [-0.05, 0) is 24.6 Å². The monoisotopic (exact) mass is 369 g/mol. The molecule has 1 aromatic carbocycles. The lowest BCUT2D eigenvalue weighted by Crippen LogP contribution is -2.36. The van der Waals surface area contributed by atoms with Crippen LogP contribution in [0.2, 0.25) is 0 Å². The van der Waals surface area contributed by atoms with Gasteiger partial charge in [0, 0.05) is 13.6 Å². The van der Waals surface area contributed by atoms with Crippen molar-refractivity contribution in [2.45, 2.75) is 26.7 Å². The van der Waals surface area contributed by atoms with E-state index in [4.69, 9.17) is 10.4 Å². The van der Waals surface area contributed by atoms with E-state index in [-0.39, 0.29) is 6.54 Å². The highest BCUT2D eigenvalue weighted by Gasteiger charge is 2.20. The second-order valence-corrected chi connectivity index (χ2v) is 6.38. The van der Waals surface area contributed by atoms with Gasteiger partial charge in [-0.15, -0.1) is 0 Å². The van der Waals surface area contributed by atoms with Crippen LogP contribution in [0.15, 0.2) is 30.5 Å². The predicted molar refractivity (Wildman–Crippen MR) is 101 cm³/mol. The van der Waals surface area contributed by atoms with Crippen LogP contribution in [0.5, 0.6) is 0 Å². The maximum Gasteiger partial charge on any atom is 0.321 e. The minimum Gasteiger partial charge on any atom is -0.481 e. The number of hydrogen-bond donors (Lipinski definition) is 2. The largest absolute Gasteiger partial charge is 0.481 e. The van der Waals surface area contributed by atoms with Gasteiger partial charge in [0.25, 0.3) is 0 Å². The Bertz CT molecular complexity index is 868. The molecule has 1 atom stereocenters. The van der Waals surface area contributed by atoms with E-state index in [1.807, 2.05) is 13.0 Å². The third-order valence-corrected chi connectivity index (χ3v) is 4.13. The minimum atomic E-state index is -0.952. The van der Waals surface area contributed by atoms with Crippen LogP contribution in [0.1, 0.15) is 31.5 Å². The molecule has 0 saturated carbocycles. The summed E-state index contributed by atoms with van der Waals surface area (Å²) in [5, 5.41) is 25.3. The SMILES string of the molecule is CCCc1c(NC(=O)N(C)CC(C)C(=O)O)cnn1-c1cccc(C#N)c1. The van der Waals surface area contributed by atoms with E-state index in [0.717, 1.165) is 17.8 Å². The third-order valence-electron chi connectivity index (χ3n) is 4.13. The standard InChI is InChI=1S/C19H23N5O3/c1-4-6-17-16(22-19(27)23(3)12-13(2)18(25)26)11-21-24(17)15-8-5-7-14(9-15)10-20/h5,7-9,11,13H,4,6,12H2,1-3H3,(H,22,27)(H,25,26). The van der Waals surface area contributed by atoms with Gasteiger partial charge in [0.05, 0.1) is 40.8 Å². The summed E-state index contributed by atoms with van der Waals surface area (Å²) >= 11 is 0. The van der Waals surface area contributed by atoms with Crippen molar-refractivity contribution in [3.63, 3.8) is 0 Å². The first-order chi connectivity index (χ1) is 12.9. The average Bonchev–Trinajstić information content (AvgIpc) is 3.04. The van der Waals surface area contributed by atoms with Crippen molar-refractivity contribution in [2.24, 2.45) is 5.92 Å². The Morgan fingerprint density at radius 3 is 2.81 bits per heavy atom. The molecular weight excluding hydrogens is 346 g/mol. The van der Waals surface area contributed by atoms with E-state index in [2.05, 4.69) is 16.5 Å². The van der Waals surface area contributed by atoms with Gasteiger partial charge in [-0.3, -0.25) is 4.79 Å². The molecule has 8 heteroatoms. The molecule has 2 aromatic rings. The van der Waals surface area contributed by atoms with Crippen molar-refractivity contribution in [3.05, 3.63) is 41.7 Å². The van der Waals surface area contributed by atoms with E-state index in [0.29, 0.717) is 17.7 Å². The minimum absolute atomic E-state index is 0.0998. The maximum atomic E-state index is 12.4. The predicted octanol–water partition coefficient (Wildman–Crippen LogP) is 2.88. The second kappa shape index (κ2) is 8.85. The van der Waals surface area contributed by atoms with E-state index < -0.39 is 17.9 Å². The third kappa shape index (κ3) is 4.85. The summed E-state index contributed by atoms with van der Waals surface area (Å²) in [5.41, 5.74) is 2.66. The molecule has 8 nitrogen and oxygen atoms in total. The Morgan fingerprint density at radius 1 is 1.44 bits per heavy atom. The van der Waals surface area contributed by atoms with E-state index in [1.54, 1.807) is 43.0 Å². The second-order valence-electron chi connectivity index (χ2n) is 6.38. The number of nitrogens with one attached hydrogen (secondary N) is 1. The summed E-state index contributed by atoms with van der Waals surface area (Å²) in [6.07, 6.45) is 3.09. The molecule has 1 aromatic heterocycles. The van der Waals surface area contributed by atoms with Crippen molar-refractivity contribution >= 4 is 17.7 Å². The van der Waals surface area contributed by atoms with Gasteiger partial charge in [-0.1, -0.05) is 26.3 Å². The zero-order chi connectivity index (χ0) is 20.0. The van der Waals surface area contributed by atoms with Crippen LogP contribution in [-0.2, 0) is 11.2 Å². The number of nitrogens with zero attached hydrogens (tertiary/aromatic N) is 4. The summed E-state index contributed by atoms with van der Waals surface area (Å²) < 4.78 is 1.71. The lowest BCUT2D eigenvalue weighted by molar-refractivity contribution is -0.141. The molecule has 0 aliphatic heterocycles. The van der Waals surface area contributed by atoms with Gasteiger partial charge in [0.1, 0.15) is 0 Å². The van der Waals surface area contributed by atoms with Crippen LogP contribution >= 0.6 is 0 Å². The van der Waals surface area contributed by atoms with Crippen LogP contribution in [0, 0.1) is 17.2 Å². The quantitative estimate of drug-likeness (QED) is 0.779. The molecule has 0 bridgehead atoms. The number of hydrogen-bond acceptors (Lipinski definition) is 4. The zero-order valence-electron chi connectivity index (χ0n) is 15.6. The first-order valence-electron chi connectivity index (χ1n) is 8.69. The molecule has 142 valence electrons. The number of aliphatic carboxylic acids is 1. The number of urea groups is 1. The first kappa shape index (κ1) is 20.0. The number of carbonyl (C=O) groups is 2. The Morgan fingerprint density at radius 2 is 2.19 bits per heavy atom. The van der Waals surface area contributed by atoms with E-state index in [1.165, 1.54) is 4.90 Å². The van der Waals surface area contributed by atoms with Crippen LogP contribution in [0.4, 0.5) is 10.5 Å². The maximum absolute atomic E-state index is 12.4. The van der Waals surface area contributed by atoms with Crippen molar-refractivity contribution in [1.82, 2.24) is 14.7 Å². The van der Waals surface area contributed by atoms with Gasteiger partial charge in [-0.2, -0.15) is 10.4 Å². The van der Waals surface area contributed by atoms with E-state index in [9.17, 15) is 9.59 Å². The molecule has 0 spiro atoms. The fourth-order valence-electron chi connectivity index (χ4n) is 2.67. The summed E-state index contributed by atoms with van der Waals surface area (Å²) in [6, 6.07) is 8.79. The normalized spacial score (nSPS) is 11.5. The number of nitriles is 1. The summed E-state index contributed by atoms with van der Waals surface area (Å²) in [6.45, 7) is 3.67. The lowest BCUT2D eigenvalue weighted by atomic mass is 10.2. The number of benzene rings is 1. The zero-order valence-corrected chi connectivity index (χ0v) is 15.6. The molecule has 0 saturated heterocycles. The summed E-state index contributed by atoms with van der Waals surface area (Å²) in [5.74, 6) is -1.61. The highest BCUT2D eigenvalue weighted by atomic mass is 16.4. The summed E-state index contributed by atoms with van der Waals surface area (Å²) in [4.78, 5) is 24.7. The molecule has 0 fully saturated rings. The molecule has 27 heavy (non-hydrogen) atoms. The topological polar surface area (TPSA) is 111 Å². The van der Waals surface area contributed by atoms with Gasteiger partial charge < -0.3 is 15.3 Å². The fraction of sp³-hybridized carbons (Fsp3) is 0.368. The fourth-order valence-corrected chi connectivity index (χ4v) is 2.67.